The molecular weight excluding hydrogens is 274 g/mol. The molecule has 0 spiro atoms. The Labute approximate surface area is 125 Å². The van der Waals surface area contributed by atoms with Crippen LogP contribution in [0.1, 0.15) is 18.9 Å². The molecule has 4 nitrogen and oxygen atoms in total. The van der Waals surface area contributed by atoms with Crippen molar-refractivity contribution in [2.45, 2.75) is 19.9 Å². The van der Waals surface area contributed by atoms with Crippen molar-refractivity contribution in [2.24, 2.45) is 0 Å². The highest BCUT2D eigenvalue weighted by Crippen LogP contribution is 2.28. The SMILES string of the molecule is CCNCc1ccc(N2CCCN(C)C(=O)C2)c(Cl)c1. The molecule has 0 saturated carbocycles. The van der Waals surface area contributed by atoms with Gasteiger partial charge in [-0.3, -0.25) is 4.79 Å². The summed E-state index contributed by atoms with van der Waals surface area (Å²) in [6.07, 6.45) is 0.970. The first-order chi connectivity index (χ1) is 9.61. The van der Waals surface area contributed by atoms with Crippen LogP contribution in [-0.4, -0.2) is 44.0 Å². The molecule has 0 bridgehead atoms. The molecule has 110 valence electrons. The molecule has 1 heterocycles. The number of nitrogens with one attached hydrogen (secondary N) is 1. The van der Waals surface area contributed by atoms with Crippen molar-refractivity contribution in [3.63, 3.8) is 0 Å². The third-order valence-electron chi connectivity index (χ3n) is 3.61. The van der Waals surface area contributed by atoms with Crippen LogP contribution < -0.4 is 10.2 Å². The second kappa shape index (κ2) is 6.95. The molecule has 0 aliphatic carbocycles. The topological polar surface area (TPSA) is 35.6 Å². The maximum absolute atomic E-state index is 11.9. The number of anilines is 1. The molecule has 1 aliphatic rings. The molecule has 1 aromatic carbocycles. The molecule has 1 saturated heterocycles. The summed E-state index contributed by atoms with van der Waals surface area (Å²) in [4.78, 5) is 15.8. The highest BCUT2D eigenvalue weighted by molar-refractivity contribution is 6.33. The van der Waals surface area contributed by atoms with E-state index in [9.17, 15) is 4.79 Å². The Morgan fingerprint density at radius 1 is 1.35 bits per heavy atom. The number of benzene rings is 1. The number of nitrogens with zero attached hydrogens (tertiary/aromatic N) is 2. The predicted molar refractivity (Wildman–Crippen MR) is 83.3 cm³/mol. The quantitative estimate of drug-likeness (QED) is 0.924. The van der Waals surface area contributed by atoms with E-state index in [1.807, 2.05) is 19.2 Å². The molecule has 1 N–H and O–H groups in total. The normalized spacial score (nSPS) is 16.4. The lowest BCUT2D eigenvalue weighted by Crippen LogP contribution is -2.34. The summed E-state index contributed by atoms with van der Waals surface area (Å²) in [6, 6.07) is 6.08. The summed E-state index contributed by atoms with van der Waals surface area (Å²) >= 11 is 6.38. The smallest absolute Gasteiger partial charge is 0.241 e. The molecule has 5 heteroatoms. The highest BCUT2D eigenvalue weighted by Gasteiger charge is 2.20. The third kappa shape index (κ3) is 3.64. The Bertz CT molecular complexity index is 478. The van der Waals surface area contributed by atoms with Gasteiger partial charge in [0, 0.05) is 26.7 Å². The maximum Gasteiger partial charge on any atom is 0.241 e. The molecule has 20 heavy (non-hydrogen) atoms. The van der Waals surface area contributed by atoms with Crippen LogP contribution in [0.15, 0.2) is 18.2 Å². The van der Waals surface area contributed by atoms with Crippen LogP contribution in [0.5, 0.6) is 0 Å². The van der Waals surface area contributed by atoms with E-state index in [0.717, 1.165) is 43.3 Å². The van der Waals surface area contributed by atoms with Crippen molar-refractivity contribution in [2.75, 3.05) is 38.1 Å². The van der Waals surface area contributed by atoms with E-state index in [0.29, 0.717) is 6.54 Å². The van der Waals surface area contributed by atoms with Crippen LogP contribution in [0.4, 0.5) is 5.69 Å². The summed E-state index contributed by atoms with van der Waals surface area (Å²) in [5.41, 5.74) is 2.12. The summed E-state index contributed by atoms with van der Waals surface area (Å²) in [7, 11) is 1.85. The second-order valence-electron chi connectivity index (χ2n) is 5.16. The van der Waals surface area contributed by atoms with Gasteiger partial charge in [-0.05, 0) is 30.7 Å². The van der Waals surface area contributed by atoms with E-state index in [2.05, 4.69) is 23.2 Å². The van der Waals surface area contributed by atoms with Crippen LogP contribution in [0.25, 0.3) is 0 Å². The number of rotatable bonds is 4. The fourth-order valence-corrected chi connectivity index (χ4v) is 2.70. The van der Waals surface area contributed by atoms with E-state index >= 15 is 0 Å². The van der Waals surface area contributed by atoms with Crippen LogP contribution >= 0.6 is 11.6 Å². The molecule has 1 fully saturated rings. The first kappa shape index (κ1) is 15.1. The monoisotopic (exact) mass is 295 g/mol. The fraction of sp³-hybridized carbons (Fsp3) is 0.533. The molecule has 1 aliphatic heterocycles. The van der Waals surface area contributed by atoms with E-state index in [1.54, 1.807) is 4.90 Å². The molecule has 0 atom stereocenters. The highest BCUT2D eigenvalue weighted by atomic mass is 35.5. The van der Waals surface area contributed by atoms with Crippen molar-refractivity contribution < 1.29 is 4.79 Å². The van der Waals surface area contributed by atoms with Gasteiger partial charge in [0.1, 0.15) is 0 Å². The number of carbonyl (C=O) groups is 1. The zero-order chi connectivity index (χ0) is 14.5. The molecule has 0 unspecified atom stereocenters. The van der Waals surface area contributed by atoms with Crippen LogP contribution in [0.3, 0.4) is 0 Å². The second-order valence-corrected chi connectivity index (χ2v) is 5.56. The van der Waals surface area contributed by atoms with Gasteiger partial charge in [-0.1, -0.05) is 24.6 Å². The maximum atomic E-state index is 11.9. The van der Waals surface area contributed by atoms with E-state index in [4.69, 9.17) is 11.6 Å². The molecule has 2 rings (SSSR count). The van der Waals surface area contributed by atoms with Crippen molar-refractivity contribution in [1.29, 1.82) is 0 Å². The van der Waals surface area contributed by atoms with Gasteiger partial charge in [-0.25, -0.2) is 0 Å². The first-order valence-corrected chi connectivity index (χ1v) is 7.47. The van der Waals surface area contributed by atoms with Crippen LogP contribution in [0.2, 0.25) is 5.02 Å². The summed E-state index contributed by atoms with van der Waals surface area (Å²) in [5, 5.41) is 4.00. The Hall–Kier alpha value is -1.26. The lowest BCUT2D eigenvalue weighted by molar-refractivity contribution is -0.127. The van der Waals surface area contributed by atoms with Gasteiger partial charge in [0.2, 0.25) is 5.91 Å². The number of likely N-dealkylation sites (N-methyl/N-ethyl adjacent to an activating group) is 1. The lowest BCUT2D eigenvalue weighted by atomic mass is 10.2. The van der Waals surface area contributed by atoms with Gasteiger partial charge in [-0.15, -0.1) is 0 Å². The van der Waals surface area contributed by atoms with Crippen LogP contribution in [0, 0.1) is 0 Å². The van der Waals surface area contributed by atoms with Gasteiger partial charge < -0.3 is 15.1 Å². The molecular formula is C15H22ClN3O. The minimum atomic E-state index is 0.148. The Morgan fingerprint density at radius 2 is 2.15 bits per heavy atom. The summed E-state index contributed by atoms with van der Waals surface area (Å²) < 4.78 is 0. The average Bonchev–Trinajstić information content (AvgIpc) is 2.59. The summed E-state index contributed by atoms with van der Waals surface area (Å²) in [6.45, 7) is 5.91. The Morgan fingerprint density at radius 3 is 2.85 bits per heavy atom. The predicted octanol–water partition coefficient (Wildman–Crippen LogP) is 2.12. The number of halogens is 1. The zero-order valence-corrected chi connectivity index (χ0v) is 12.9. The van der Waals surface area contributed by atoms with E-state index in [1.165, 1.54) is 5.56 Å². The molecule has 1 amide bonds. The zero-order valence-electron chi connectivity index (χ0n) is 12.2. The number of hydrogen-bond donors (Lipinski definition) is 1. The van der Waals surface area contributed by atoms with Gasteiger partial charge in [0.25, 0.3) is 0 Å². The van der Waals surface area contributed by atoms with E-state index < -0.39 is 0 Å². The molecule has 0 aromatic heterocycles. The van der Waals surface area contributed by atoms with Gasteiger partial charge in [0.15, 0.2) is 0 Å². The number of amides is 1. The van der Waals surface area contributed by atoms with Crippen molar-refractivity contribution in [3.8, 4) is 0 Å². The van der Waals surface area contributed by atoms with Gasteiger partial charge in [-0.2, -0.15) is 0 Å². The average molecular weight is 296 g/mol. The lowest BCUT2D eigenvalue weighted by Gasteiger charge is -2.23. The number of carbonyl (C=O) groups excluding carboxylic acids is 1. The van der Waals surface area contributed by atoms with E-state index in [-0.39, 0.29) is 5.91 Å². The fourth-order valence-electron chi connectivity index (χ4n) is 2.38. The van der Waals surface area contributed by atoms with Crippen molar-refractivity contribution in [3.05, 3.63) is 28.8 Å². The van der Waals surface area contributed by atoms with Crippen molar-refractivity contribution >= 4 is 23.2 Å². The standard InChI is InChI=1S/C15H22ClN3O/c1-3-17-10-12-5-6-14(13(16)9-12)19-8-4-7-18(2)15(20)11-19/h5-6,9,17H,3-4,7-8,10-11H2,1-2H3. The molecule has 0 radical (unpaired) electrons. The summed E-state index contributed by atoms with van der Waals surface area (Å²) in [5.74, 6) is 0.148. The largest absolute Gasteiger partial charge is 0.361 e. The minimum Gasteiger partial charge on any atom is -0.361 e. The third-order valence-corrected chi connectivity index (χ3v) is 3.91. The first-order valence-electron chi connectivity index (χ1n) is 7.10. The Balaban J connectivity index is 2.13. The minimum absolute atomic E-state index is 0.148. The Kier molecular flexibility index (Phi) is 5.26. The van der Waals surface area contributed by atoms with Gasteiger partial charge >= 0.3 is 0 Å². The number of hydrogen-bond acceptors (Lipinski definition) is 3. The van der Waals surface area contributed by atoms with Crippen LogP contribution in [-0.2, 0) is 11.3 Å². The van der Waals surface area contributed by atoms with Crippen molar-refractivity contribution in [1.82, 2.24) is 10.2 Å². The van der Waals surface area contributed by atoms with Gasteiger partial charge in [0.05, 0.1) is 17.3 Å². The molecule has 1 aromatic rings.